The van der Waals surface area contributed by atoms with Gasteiger partial charge in [0.1, 0.15) is 17.4 Å². The van der Waals surface area contributed by atoms with E-state index in [0.29, 0.717) is 33.2 Å². The fourth-order valence-corrected chi connectivity index (χ4v) is 2.68. The molecule has 4 N–H and O–H groups in total. The Kier molecular flexibility index (Phi) is 4.22. The summed E-state index contributed by atoms with van der Waals surface area (Å²) in [7, 11) is 1.53. The van der Waals surface area contributed by atoms with E-state index in [1.165, 1.54) is 19.2 Å². The van der Waals surface area contributed by atoms with E-state index in [4.69, 9.17) is 27.8 Å². The lowest BCUT2D eigenvalue weighted by Crippen LogP contribution is -2.04. The molecule has 0 radical (unpaired) electrons. The number of halogens is 2. The summed E-state index contributed by atoms with van der Waals surface area (Å²) in [6, 6.07) is 11.1. The third-order valence-electron chi connectivity index (χ3n) is 3.51. The van der Waals surface area contributed by atoms with Crippen LogP contribution in [0.4, 0.5) is 16.2 Å². The van der Waals surface area contributed by atoms with Gasteiger partial charge >= 0.3 is 0 Å². The molecule has 0 saturated carbocycles. The normalized spacial score (nSPS) is 10.6. The first-order valence-corrected chi connectivity index (χ1v) is 7.40. The first-order chi connectivity index (χ1) is 11.5. The van der Waals surface area contributed by atoms with Gasteiger partial charge in [0.25, 0.3) is 0 Å². The second kappa shape index (κ2) is 6.33. The van der Waals surface area contributed by atoms with Crippen molar-refractivity contribution < 1.29 is 9.13 Å². The van der Waals surface area contributed by atoms with Crippen LogP contribution in [0.3, 0.4) is 0 Å². The number of nitrogens with zero attached hydrogens (tertiary/aromatic N) is 2. The summed E-state index contributed by atoms with van der Waals surface area (Å²) >= 11 is 6.20. The number of anilines is 2. The lowest BCUT2D eigenvalue weighted by atomic mass is 9.99. The number of aromatic nitrogens is 2. The Morgan fingerprint density at radius 3 is 2.29 bits per heavy atom. The number of benzene rings is 2. The summed E-state index contributed by atoms with van der Waals surface area (Å²) in [5, 5.41) is 0.427. The molecule has 1 aromatic heterocycles. The Hall–Kier alpha value is -2.86. The van der Waals surface area contributed by atoms with E-state index in [-0.39, 0.29) is 17.6 Å². The van der Waals surface area contributed by atoms with Gasteiger partial charge in [-0.25, -0.2) is 9.37 Å². The first kappa shape index (κ1) is 16.0. The number of nitrogen functional groups attached to an aromatic ring is 2. The number of hydrogen-bond donors (Lipinski definition) is 2. The van der Waals surface area contributed by atoms with Crippen molar-refractivity contribution in [3.8, 4) is 28.1 Å². The van der Waals surface area contributed by atoms with Crippen molar-refractivity contribution in [1.29, 1.82) is 0 Å². The fourth-order valence-electron chi connectivity index (χ4n) is 2.42. The summed E-state index contributed by atoms with van der Waals surface area (Å²) in [5.74, 6) is 0.444. The minimum atomic E-state index is -0.345. The van der Waals surface area contributed by atoms with Gasteiger partial charge in [-0.1, -0.05) is 17.7 Å². The van der Waals surface area contributed by atoms with E-state index >= 15 is 0 Å². The van der Waals surface area contributed by atoms with Crippen LogP contribution in [0.15, 0.2) is 42.5 Å². The Labute approximate surface area is 143 Å². The van der Waals surface area contributed by atoms with Gasteiger partial charge in [-0.05, 0) is 42.0 Å². The minimum Gasteiger partial charge on any atom is -0.495 e. The highest BCUT2D eigenvalue weighted by Crippen LogP contribution is 2.38. The van der Waals surface area contributed by atoms with Crippen LogP contribution >= 0.6 is 11.6 Å². The van der Waals surface area contributed by atoms with Gasteiger partial charge in [0.2, 0.25) is 5.95 Å². The SMILES string of the molecule is COc1ccc(-c2c(N)nc(N)nc2-c2ccc(F)cc2)cc1Cl. The molecule has 3 rings (SSSR count). The van der Waals surface area contributed by atoms with E-state index in [9.17, 15) is 4.39 Å². The molecule has 0 unspecified atom stereocenters. The van der Waals surface area contributed by atoms with Crippen LogP contribution in [0.2, 0.25) is 5.02 Å². The van der Waals surface area contributed by atoms with Crippen molar-refractivity contribution in [1.82, 2.24) is 9.97 Å². The van der Waals surface area contributed by atoms with Crippen LogP contribution in [0, 0.1) is 5.82 Å². The third kappa shape index (κ3) is 2.96. The highest BCUT2D eigenvalue weighted by molar-refractivity contribution is 6.32. The molecule has 3 aromatic rings. The molecule has 0 aliphatic rings. The monoisotopic (exact) mass is 344 g/mol. The summed E-state index contributed by atoms with van der Waals surface area (Å²) < 4.78 is 18.4. The van der Waals surface area contributed by atoms with Gasteiger partial charge < -0.3 is 16.2 Å². The van der Waals surface area contributed by atoms with Gasteiger partial charge in [-0.15, -0.1) is 0 Å². The lowest BCUT2D eigenvalue weighted by molar-refractivity contribution is 0.415. The van der Waals surface area contributed by atoms with Crippen molar-refractivity contribution in [3.63, 3.8) is 0 Å². The second-order valence-electron chi connectivity index (χ2n) is 5.05. The van der Waals surface area contributed by atoms with E-state index in [1.54, 1.807) is 30.3 Å². The van der Waals surface area contributed by atoms with Crippen LogP contribution in [0.1, 0.15) is 0 Å². The zero-order valence-corrected chi connectivity index (χ0v) is 13.5. The molecule has 5 nitrogen and oxygen atoms in total. The predicted octanol–water partition coefficient (Wildman–Crippen LogP) is 3.78. The average Bonchev–Trinajstić information content (AvgIpc) is 2.55. The summed E-state index contributed by atoms with van der Waals surface area (Å²) in [4.78, 5) is 8.29. The molecule has 0 bridgehead atoms. The molecule has 0 atom stereocenters. The number of rotatable bonds is 3. The van der Waals surface area contributed by atoms with E-state index in [1.807, 2.05) is 0 Å². The molecular weight excluding hydrogens is 331 g/mol. The highest BCUT2D eigenvalue weighted by atomic mass is 35.5. The van der Waals surface area contributed by atoms with Crippen molar-refractivity contribution in [2.24, 2.45) is 0 Å². The van der Waals surface area contributed by atoms with Crippen LogP contribution in [0.25, 0.3) is 22.4 Å². The number of hydrogen-bond acceptors (Lipinski definition) is 5. The molecular formula is C17H14ClFN4O. The van der Waals surface area contributed by atoms with Crippen molar-refractivity contribution >= 4 is 23.4 Å². The van der Waals surface area contributed by atoms with Crippen LogP contribution in [-0.2, 0) is 0 Å². The van der Waals surface area contributed by atoms with Gasteiger partial charge in [-0.3, -0.25) is 0 Å². The molecule has 122 valence electrons. The predicted molar refractivity (Wildman–Crippen MR) is 93.2 cm³/mol. The molecule has 0 saturated heterocycles. The molecule has 0 amide bonds. The van der Waals surface area contributed by atoms with Crippen LogP contribution < -0.4 is 16.2 Å². The standard InChI is InChI=1S/C17H14ClFN4O/c1-24-13-7-4-10(8-12(13)18)14-15(22-17(21)23-16(14)20)9-2-5-11(19)6-3-9/h2-8H,1H3,(H4,20,21,22,23). The lowest BCUT2D eigenvalue weighted by Gasteiger charge is -2.13. The largest absolute Gasteiger partial charge is 0.495 e. The van der Waals surface area contributed by atoms with E-state index < -0.39 is 0 Å². The number of methoxy groups -OCH3 is 1. The van der Waals surface area contributed by atoms with Crippen molar-refractivity contribution in [3.05, 3.63) is 53.3 Å². The Bertz CT molecular complexity index is 900. The third-order valence-corrected chi connectivity index (χ3v) is 3.81. The van der Waals surface area contributed by atoms with E-state index in [2.05, 4.69) is 9.97 Å². The summed E-state index contributed by atoms with van der Waals surface area (Å²) in [6.07, 6.45) is 0. The Morgan fingerprint density at radius 1 is 1.00 bits per heavy atom. The second-order valence-corrected chi connectivity index (χ2v) is 5.45. The van der Waals surface area contributed by atoms with E-state index in [0.717, 1.165) is 0 Å². The molecule has 0 aliphatic carbocycles. The molecule has 24 heavy (non-hydrogen) atoms. The van der Waals surface area contributed by atoms with Crippen LogP contribution in [-0.4, -0.2) is 17.1 Å². The molecule has 7 heteroatoms. The maximum absolute atomic E-state index is 13.2. The molecule has 0 aliphatic heterocycles. The van der Waals surface area contributed by atoms with Gasteiger partial charge in [0, 0.05) is 5.56 Å². The summed E-state index contributed by atoms with van der Waals surface area (Å²) in [6.45, 7) is 0. The minimum absolute atomic E-state index is 0.0372. The zero-order valence-electron chi connectivity index (χ0n) is 12.8. The molecule has 0 spiro atoms. The van der Waals surface area contributed by atoms with Gasteiger partial charge in [0.05, 0.1) is 23.4 Å². The van der Waals surface area contributed by atoms with Gasteiger partial charge in [0.15, 0.2) is 0 Å². The Morgan fingerprint density at radius 2 is 1.67 bits per heavy atom. The van der Waals surface area contributed by atoms with Crippen molar-refractivity contribution in [2.75, 3.05) is 18.6 Å². The number of ether oxygens (including phenoxy) is 1. The fraction of sp³-hybridized carbons (Fsp3) is 0.0588. The zero-order chi connectivity index (χ0) is 17.3. The smallest absolute Gasteiger partial charge is 0.222 e. The highest BCUT2D eigenvalue weighted by Gasteiger charge is 2.16. The average molecular weight is 345 g/mol. The van der Waals surface area contributed by atoms with Crippen LogP contribution in [0.5, 0.6) is 5.75 Å². The molecule has 2 aromatic carbocycles. The molecule has 1 heterocycles. The Balaban J connectivity index is 2.24. The quantitative estimate of drug-likeness (QED) is 0.755. The number of nitrogens with two attached hydrogens (primary N) is 2. The maximum atomic E-state index is 13.2. The summed E-state index contributed by atoms with van der Waals surface area (Å²) in [5.41, 5.74) is 14.2. The molecule has 0 fully saturated rings. The maximum Gasteiger partial charge on any atom is 0.222 e. The topological polar surface area (TPSA) is 87.0 Å². The van der Waals surface area contributed by atoms with Crippen molar-refractivity contribution in [2.45, 2.75) is 0 Å². The van der Waals surface area contributed by atoms with Gasteiger partial charge in [-0.2, -0.15) is 4.98 Å². The first-order valence-electron chi connectivity index (χ1n) is 7.02.